The molecule has 19 heavy (non-hydrogen) atoms. The summed E-state index contributed by atoms with van der Waals surface area (Å²) in [6, 6.07) is 5.23. The van der Waals surface area contributed by atoms with Crippen molar-refractivity contribution in [1.29, 1.82) is 0 Å². The van der Waals surface area contributed by atoms with Gasteiger partial charge in [-0.05, 0) is 48.1 Å². The van der Waals surface area contributed by atoms with E-state index in [9.17, 15) is 4.39 Å². The highest BCUT2D eigenvalue weighted by molar-refractivity contribution is 5.85. The van der Waals surface area contributed by atoms with Crippen molar-refractivity contribution in [2.75, 3.05) is 26.2 Å². The maximum absolute atomic E-state index is 13.3. The maximum Gasteiger partial charge on any atom is 0.123 e. The predicted molar refractivity (Wildman–Crippen MR) is 78.2 cm³/mol. The van der Waals surface area contributed by atoms with E-state index in [1.54, 1.807) is 12.1 Å². The second kappa shape index (κ2) is 5.78. The van der Waals surface area contributed by atoms with Gasteiger partial charge in [0.05, 0.1) is 0 Å². The molecule has 1 N–H and O–H groups in total. The molecule has 4 heteroatoms. The topological polar surface area (TPSA) is 15.3 Å². The first-order valence-electron chi connectivity index (χ1n) is 6.85. The molecule has 3 rings (SSSR count). The lowest BCUT2D eigenvalue weighted by atomic mass is 9.88. The number of hydrogen-bond donors (Lipinski definition) is 1. The molecule has 2 heterocycles. The zero-order valence-corrected chi connectivity index (χ0v) is 12.2. The first kappa shape index (κ1) is 14.8. The van der Waals surface area contributed by atoms with Gasteiger partial charge in [-0.15, -0.1) is 12.4 Å². The summed E-state index contributed by atoms with van der Waals surface area (Å²) in [5.74, 6) is -0.107. The van der Waals surface area contributed by atoms with Crippen molar-refractivity contribution in [3.05, 3.63) is 35.1 Å². The van der Waals surface area contributed by atoms with Crippen molar-refractivity contribution in [3.8, 4) is 0 Å². The van der Waals surface area contributed by atoms with Crippen LogP contribution in [0.15, 0.2) is 18.2 Å². The lowest BCUT2D eigenvalue weighted by Crippen LogP contribution is -2.40. The second-order valence-electron chi connectivity index (χ2n) is 6.11. The third-order valence-electron chi connectivity index (χ3n) is 4.32. The minimum absolute atomic E-state index is 0. The Morgan fingerprint density at radius 1 is 1.37 bits per heavy atom. The standard InChI is InChI=1S/C15H21FN2.ClH/c1-15(5-6-17-10-15)11-18-7-4-12-2-3-14(16)8-13(12)9-18;/h2-3,8,17H,4-7,9-11H2,1H3;1H. The van der Waals surface area contributed by atoms with Gasteiger partial charge in [-0.25, -0.2) is 4.39 Å². The van der Waals surface area contributed by atoms with Crippen molar-refractivity contribution in [2.45, 2.75) is 26.3 Å². The van der Waals surface area contributed by atoms with E-state index in [4.69, 9.17) is 0 Å². The first-order chi connectivity index (χ1) is 8.65. The van der Waals surface area contributed by atoms with Crippen LogP contribution in [0.4, 0.5) is 4.39 Å². The molecule has 1 fully saturated rings. The molecular weight excluding hydrogens is 263 g/mol. The summed E-state index contributed by atoms with van der Waals surface area (Å²) in [5.41, 5.74) is 2.89. The molecule has 0 saturated carbocycles. The van der Waals surface area contributed by atoms with Gasteiger partial charge in [0.25, 0.3) is 0 Å². The summed E-state index contributed by atoms with van der Waals surface area (Å²) >= 11 is 0. The molecule has 106 valence electrons. The summed E-state index contributed by atoms with van der Waals surface area (Å²) in [4.78, 5) is 2.48. The molecule has 1 aromatic rings. The van der Waals surface area contributed by atoms with Gasteiger partial charge in [0.2, 0.25) is 0 Å². The highest BCUT2D eigenvalue weighted by Gasteiger charge is 2.31. The van der Waals surface area contributed by atoms with Gasteiger partial charge >= 0.3 is 0 Å². The number of nitrogens with one attached hydrogen (secondary N) is 1. The van der Waals surface area contributed by atoms with Crippen molar-refractivity contribution in [3.63, 3.8) is 0 Å². The first-order valence-corrected chi connectivity index (χ1v) is 6.85. The van der Waals surface area contributed by atoms with Gasteiger partial charge in [0.15, 0.2) is 0 Å². The van der Waals surface area contributed by atoms with E-state index in [-0.39, 0.29) is 18.2 Å². The fraction of sp³-hybridized carbons (Fsp3) is 0.600. The molecule has 2 nitrogen and oxygen atoms in total. The van der Waals surface area contributed by atoms with Crippen LogP contribution in [0.2, 0.25) is 0 Å². The molecule has 1 saturated heterocycles. The molecular formula is C15H22ClFN2. The van der Waals surface area contributed by atoms with Gasteiger partial charge in [0.1, 0.15) is 5.82 Å². The molecule has 0 amide bonds. The van der Waals surface area contributed by atoms with Crippen LogP contribution in [0, 0.1) is 11.2 Å². The summed E-state index contributed by atoms with van der Waals surface area (Å²) in [5, 5.41) is 3.44. The fourth-order valence-electron chi connectivity index (χ4n) is 3.26. The van der Waals surface area contributed by atoms with E-state index in [0.29, 0.717) is 5.41 Å². The number of fused-ring (bicyclic) bond motifs is 1. The summed E-state index contributed by atoms with van der Waals surface area (Å²) in [6.45, 7) is 7.73. The van der Waals surface area contributed by atoms with Crippen molar-refractivity contribution in [1.82, 2.24) is 10.2 Å². The van der Waals surface area contributed by atoms with Gasteiger partial charge in [-0.1, -0.05) is 13.0 Å². The van der Waals surface area contributed by atoms with E-state index >= 15 is 0 Å². The Morgan fingerprint density at radius 3 is 2.95 bits per heavy atom. The van der Waals surface area contributed by atoms with Crippen LogP contribution in [0.1, 0.15) is 24.5 Å². The molecule has 1 aromatic carbocycles. The molecule has 2 aliphatic rings. The average Bonchev–Trinajstić information content (AvgIpc) is 2.75. The Labute approximate surface area is 120 Å². The summed E-state index contributed by atoms with van der Waals surface area (Å²) < 4.78 is 13.3. The smallest absolute Gasteiger partial charge is 0.123 e. The third-order valence-corrected chi connectivity index (χ3v) is 4.32. The van der Waals surface area contributed by atoms with Crippen LogP contribution in [0.3, 0.4) is 0 Å². The Morgan fingerprint density at radius 2 is 2.21 bits per heavy atom. The lowest BCUT2D eigenvalue weighted by Gasteiger charge is -2.35. The van der Waals surface area contributed by atoms with Crippen molar-refractivity contribution in [2.24, 2.45) is 5.41 Å². The van der Waals surface area contributed by atoms with E-state index in [0.717, 1.165) is 39.1 Å². The number of nitrogens with zero attached hydrogens (tertiary/aromatic N) is 1. The number of halogens is 2. The van der Waals surface area contributed by atoms with Gasteiger partial charge in [-0.2, -0.15) is 0 Å². The van der Waals surface area contributed by atoms with Gasteiger partial charge in [-0.3, -0.25) is 4.90 Å². The van der Waals surface area contributed by atoms with Crippen LogP contribution >= 0.6 is 12.4 Å². The number of rotatable bonds is 2. The highest BCUT2D eigenvalue weighted by atomic mass is 35.5. The summed E-state index contributed by atoms with van der Waals surface area (Å²) in [7, 11) is 0. The van der Waals surface area contributed by atoms with Gasteiger partial charge < -0.3 is 5.32 Å². The normalized spacial score (nSPS) is 26.8. The van der Waals surface area contributed by atoms with Crippen LogP contribution in [-0.2, 0) is 13.0 Å². The largest absolute Gasteiger partial charge is 0.316 e. The Hall–Kier alpha value is -0.640. The Balaban J connectivity index is 0.00000133. The van der Waals surface area contributed by atoms with E-state index in [1.807, 2.05) is 6.07 Å². The molecule has 2 aliphatic heterocycles. The van der Waals surface area contributed by atoms with Crippen molar-refractivity contribution >= 4 is 12.4 Å². The molecule has 0 spiro atoms. The number of hydrogen-bond acceptors (Lipinski definition) is 2. The lowest BCUT2D eigenvalue weighted by molar-refractivity contribution is 0.164. The zero-order valence-electron chi connectivity index (χ0n) is 11.4. The van der Waals surface area contributed by atoms with E-state index < -0.39 is 0 Å². The minimum atomic E-state index is -0.107. The fourth-order valence-corrected chi connectivity index (χ4v) is 3.26. The highest BCUT2D eigenvalue weighted by Crippen LogP contribution is 2.28. The van der Waals surface area contributed by atoms with Crippen LogP contribution < -0.4 is 5.32 Å². The van der Waals surface area contributed by atoms with E-state index in [1.165, 1.54) is 17.5 Å². The van der Waals surface area contributed by atoms with Crippen LogP contribution in [0.25, 0.3) is 0 Å². The molecule has 0 aliphatic carbocycles. The van der Waals surface area contributed by atoms with Crippen LogP contribution in [0.5, 0.6) is 0 Å². The van der Waals surface area contributed by atoms with E-state index in [2.05, 4.69) is 17.1 Å². The second-order valence-corrected chi connectivity index (χ2v) is 6.11. The molecule has 0 bridgehead atoms. The average molecular weight is 285 g/mol. The van der Waals surface area contributed by atoms with Crippen molar-refractivity contribution < 1.29 is 4.39 Å². The SMILES string of the molecule is CC1(CN2CCc3ccc(F)cc3C2)CCNC1.Cl. The quantitative estimate of drug-likeness (QED) is 0.898. The molecule has 1 unspecified atom stereocenters. The Bertz CT molecular complexity index is 444. The maximum atomic E-state index is 13.3. The third kappa shape index (κ3) is 3.28. The van der Waals surface area contributed by atoms with Gasteiger partial charge in [0, 0.05) is 26.2 Å². The minimum Gasteiger partial charge on any atom is -0.316 e. The molecule has 0 radical (unpaired) electrons. The Kier molecular flexibility index (Phi) is 4.49. The monoisotopic (exact) mass is 284 g/mol. The predicted octanol–water partition coefficient (Wildman–Crippen LogP) is 2.61. The zero-order chi connectivity index (χ0) is 12.6. The summed E-state index contributed by atoms with van der Waals surface area (Å²) in [6.07, 6.45) is 2.30. The molecule has 1 atom stereocenters. The molecule has 0 aromatic heterocycles. The number of benzene rings is 1. The van der Waals surface area contributed by atoms with Crippen LogP contribution in [-0.4, -0.2) is 31.1 Å².